The molecular formula is C10H15NO2S2. The first-order valence-electron chi connectivity index (χ1n) is 5.01. The largest absolute Gasteiger partial charge is 0.312 e. The van der Waals surface area contributed by atoms with E-state index in [2.05, 4.69) is 16.8 Å². The third-order valence-electron chi connectivity index (χ3n) is 2.69. The fraction of sp³-hybridized carbons (Fsp3) is 0.600. The number of fused-ring (bicyclic) bond motifs is 1. The first-order valence-corrected chi connectivity index (χ1v) is 7.95. The van der Waals surface area contributed by atoms with Gasteiger partial charge in [-0.15, -0.1) is 11.3 Å². The summed E-state index contributed by atoms with van der Waals surface area (Å²) in [6.45, 7) is 1.83. The van der Waals surface area contributed by atoms with Crippen LogP contribution in [0.4, 0.5) is 0 Å². The first-order chi connectivity index (χ1) is 7.06. The zero-order valence-electron chi connectivity index (χ0n) is 8.69. The topological polar surface area (TPSA) is 46.2 Å². The van der Waals surface area contributed by atoms with Crippen molar-refractivity contribution in [3.8, 4) is 0 Å². The molecule has 15 heavy (non-hydrogen) atoms. The first kappa shape index (κ1) is 11.1. The molecule has 0 bridgehead atoms. The number of hydrogen-bond donors (Lipinski definition) is 1. The van der Waals surface area contributed by atoms with Gasteiger partial charge in [0.05, 0.1) is 5.75 Å². The summed E-state index contributed by atoms with van der Waals surface area (Å²) in [5.41, 5.74) is 1.34. The maximum absolute atomic E-state index is 11.1. The molecule has 1 aromatic rings. The van der Waals surface area contributed by atoms with Gasteiger partial charge in [-0.25, -0.2) is 8.42 Å². The summed E-state index contributed by atoms with van der Waals surface area (Å²) >= 11 is 1.75. The van der Waals surface area contributed by atoms with E-state index in [1.165, 1.54) is 16.7 Å². The minimum atomic E-state index is -2.83. The predicted molar refractivity (Wildman–Crippen MR) is 63.1 cm³/mol. The fourth-order valence-electron chi connectivity index (χ4n) is 1.91. The number of hydrogen-bond acceptors (Lipinski definition) is 4. The van der Waals surface area contributed by atoms with Crippen LogP contribution in [0.3, 0.4) is 0 Å². The maximum atomic E-state index is 11.1. The van der Waals surface area contributed by atoms with Crippen LogP contribution < -0.4 is 5.32 Å². The van der Waals surface area contributed by atoms with Gasteiger partial charge in [0, 0.05) is 30.1 Å². The van der Waals surface area contributed by atoms with Crippen molar-refractivity contribution in [2.75, 3.05) is 18.6 Å². The minimum Gasteiger partial charge on any atom is -0.312 e. The Bertz CT molecular complexity index is 436. The monoisotopic (exact) mass is 245 g/mol. The van der Waals surface area contributed by atoms with Gasteiger partial charge < -0.3 is 5.32 Å². The van der Waals surface area contributed by atoms with E-state index < -0.39 is 9.84 Å². The molecule has 0 fully saturated rings. The average molecular weight is 245 g/mol. The lowest BCUT2D eigenvalue weighted by Crippen LogP contribution is -2.28. The SMILES string of the molecule is CS(=O)(=O)CCC1CNCc2ccsc21. The van der Waals surface area contributed by atoms with Gasteiger partial charge in [-0.1, -0.05) is 0 Å². The Balaban J connectivity index is 2.07. The molecule has 0 spiro atoms. The maximum Gasteiger partial charge on any atom is 0.147 e. The quantitative estimate of drug-likeness (QED) is 0.875. The highest BCUT2D eigenvalue weighted by Gasteiger charge is 2.21. The van der Waals surface area contributed by atoms with E-state index in [0.29, 0.717) is 5.92 Å². The Morgan fingerprint density at radius 3 is 3.13 bits per heavy atom. The van der Waals surface area contributed by atoms with Gasteiger partial charge >= 0.3 is 0 Å². The van der Waals surface area contributed by atoms with Crippen molar-refractivity contribution in [1.29, 1.82) is 0 Å². The molecule has 1 N–H and O–H groups in total. The molecule has 0 saturated heterocycles. The normalized spacial score (nSPS) is 21.3. The Hall–Kier alpha value is -0.390. The summed E-state index contributed by atoms with van der Waals surface area (Å²) in [7, 11) is -2.83. The second-order valence-electron chi connectivity index (χ2n) is 4.06. The molecule has 0 aromatic carbocycles. The predicted octanol–water partition coefficient (Wildman–Crippen LogP) is 1.37. The molecule has 5 heteroatoms. The standard InChI is InChI=1S/C10H15NO2S2/c1-15(12,13)5-3-9-7-11-6-8-2-4-14-10(8)9/h2,4,9,11H,3,5-7H2,1H3. The molecule has 0 radical (unpaired) electrons. The van der Waals surface area contributed by atoms with Crippen molar-refractivity contribution in [1.82, 2.24) is 5.32 Å². The van der Waals surface area contributed by atoms with Crippen molar-refractivity contribution in [2.24, 2.45) is 0 Å². The van der Waals surface area contributed by atoms with Gasteiger partial charge in [0.25, 0.3) is 0 Å². The van der Waals surface area contributed by atoms with E-state index >= 15 is 0 Å². The molecule has 2 rings (SSSR count). The van der Waals surface area contributed by atoms with E-state index in [4.69, 9.17) is 0 Å². The molecule has 2 heterocycles. The van der Waals surface area contributed by atoms with Crippen LogP contribution in [0.1, 0.15) is 22.8 Å². The van der Waals surface area contributed by atoms with E-state index in [0.717, 1.165) is 19.5 Å². The van der Waals surface area contributed by atoms with Gasteiger partial charge in [-0.3, -0.25) is 0 Å². The third-order valence-corrected chi connectivity index (χ3v) is 4.79. The molecule has 1 atom stereocenters. The number of thiophene rings is 1. The summed E-state index contributed by atoms with van der Waals surface area (Å²) in [5.74, 6) is 0.667. The summed E-state index contributed by atoms with van der Waals surface area (Å²) < 4.78 is 22.2. The van der Waals surface area contributed by atoms with Gasteiger partial charge in [-0.05, 0) is 23.4 Å². The fourth-order valence-corrected chi connectivity index (χ4v) is 3.69. The lowest BCUT2D eigenvalue weighted by Gasteiger charge is -2.22. The average Bonchev–Trinajstić information content (AvgIpc) is 2.61. The number of nitrogens with one attached hydrogen (secondary N) is 1. The molecule has 1 aromatic heterocycles. The summed E-state index contributed by atoms with van der Waals surface area (Å²) in [6.07, 6.45) is 2.04. The van der Waals surface area contributed by atoms with Crippen molar-refractivity contribution >= 4 is 21.2 Å². The highest BCUT2D eigenvalue weighted by molar-refractivity contribution is 7.90. The Labute approximate surface area is 94.4 Å². The number of rotatable bonds is 3. The van der Waals surface area contributed by atoms with Crippen molar-refractivity contribution in [2.45, 2.75) is 18.9 Å². The molecule has 3 nitrogen and oxygen atoms in total. The molecular weight excluding hydrogens is 230 g/mol. The van der Waals surface area contributed by atoms with E-state index in [1.807, 2.05) is 0 Å². The smallest absolute Gasteiger partial charge is 0.147 e. The molecule has 0 amide bonds. The summed E-state index contributed by atoms with van der Waals surface area (Å²) in [6, 6.07) is 2.12. The Kier molecular flexibility index (Phi) is 3.13. The highest BCUT2D eigenvalue weighted by atomic mass is 32.2. The van der Waals surface area contributed by atoms with Crippen LogP contribution in [0.5, 0.6) is 0 Å². The van der Waals surface area contributed by atoms with Crippen LogP contribution in [0.25, 0.3) is 0 Å². The van der Waals surface area contributed by atoms with Crippen molar-refractivity contribution < 1.29 is 8.42 Å². The minimum absolute atomic E-state index is 0.288. The second-order valence-corrected chi connectivity index (χ2v) is 7.26. The number of sulfone groups is 1. The summed E-state index contributed by atoms with van der Waals surface area (Å²) in [5, 5.41) is 5.41. The van der Waals surface area contributed by atoms with Gasteiger partial charge in [0.15, 0.2) is 0 Å². The van der Waals surface area contributed by atoms with E-state index in [-0.39, 0.29) is 5.75 Å². The Morgan fingerprint density at radius 2 is 2.40 bits per heavy atom. The molecule has 84 valence electrons. The van der Waals surface area contributed by atoms with E-state index in [9.17, 15) is 8.42 Å². The highest BCUT2D eigenvalue weighted by Crippen LogP contribution is 2.31. The lowest BCUT2D eigenvalue weighted by molar-refractivity contribution is 0.534. The third kappa shape index (κ3) is 2.80. The van der Waals surface area contributed by atoms with Crippen LogP contribution >= 0.6 is 11.3 Å². The second kappa shape index (κ2) is 4.23. The zero-order chi connectivity index (χ0) is 10.9. The van der Waals surface area contributed by atoms with Gasteiger partial charge in [-0.2, -0.15) is 0 Å². The molecule has 0 saturated carbocycles. The zero-order valence-corrected chi connectivity index (χ0v) is 10.3. The summed E-state index contributed by atoms with van der Waals surface area (Å²) in [4.78, 5) is 1.37. The van der Waals surface area contributed by atoms with E-state index in [1.54, 1.807) is 11.3 Å². The molecule has 1 aliphatic heterocycles. The van der Waals surface area contributed by atoms with Gasteiger partial charge in [0.2, 0.25) is 0 Å². The lowest BCUT2D eigenvalue weighted by atomic mass is 9.98. The van der Waals surface area contributed by atoms with Crippen LogP contribution in [-0.4, -0.2) is 27.0 Å². The molecule has 1 aliphatic rings. The molecule has 0 aliphatic carbocycles. The van der Waals surface area contributed by atoms with Crippen LogP contribution in [0.2, 0.25) is 0 Å². The Morgan fingerprint density at radius 1 is 1.60 bits per heavy atom. The van der Waals surface area contributed by atoms with Gasteiger partial charge in [0.1, 0.15) is 9.84 Å². The van der Waals surface area contributed by atoms with Crippen LogP contribution in [-0.2, 0) is 16.4 Å². The van der Waals surface area contributed by atoms with Crippen molar-refractivity contribution in [3.63, 3.8) is 0 Å². The molecule has 1 unspecified atom stereocenters. The van der Waals surface area contributed by atoms with Crippen LogP contribution in [0.15, 0.2) is 11.4 Å². The van der Waals surface area contributed by atoms with Crippen LogP contribution in [0, 0.1) is 0 Å². The van der Waals surface area contributed by atoms with Crippen molar-refractivity contribution in [3.05, 3.63) is 21.9 Å².